The predicted molar refractivity (Wildman–Crippen MR) is 50.2 cm³/mol. The quantitative estimate of drug-likeness (QED) is 0.705. The molecule has 1 aromatic rings. The van der Waals surface area contributed by atoms with Gasteiger partial charge >= 0.3 is 0 Å². The van der Waals surface area contributed by atoms with E-state index in [1.54, 1.807) is 18.4 Å². The molecule has 1 aromatic heterocycles. The van der Waals surface area contributed by atoms with Gasteiger partial charge in [-0.25, -0.2) is 4.98 Å². The molecule has 1 saturated carbocycles. The molecule has 0 bridgehead atoms. The first-order chi connectivity index (χ1) is 5.85. The number of nitrogens with zero attached hydrogens (tertiary/aromatic N) is 1. The van der Waals surface area contributed by atoms with E-state index in [-0.39, 0.29) is 0 Å². The van der Waals surface area contributed by atoms with Crippen molar-refractivity contribution in [3.05, 3.63) is 11.1 Å². The molecule has 0 aliphatic heterocycles. The summed E-state index contributed by atoms with van der Waals surface area (Å²) in [7, 11) is 1.65. The Balaban J connectivity index is 2.05. The van der Waals surface area contributed by atoms with Gasteiger partial charge in [0.15, 0.2) is 0 Å². The molecule has 1 heterocycles. The molecule has 0 spiro atoms. The first-order valence-corrected chi connectivity index (χ1v) is 5.26. The van der Waals surface area contributed by atoms with Crippen LogP contribution in [0.2, 0.25) is 0 Å². The van der Waals surface area contributed by atoms with Gasteiger partial charge in [-0.15, -0.1) is 11.6 Å². The number of hydrogen-bond donors (Lipinski definition) is 0. The highest BCUT2D eigenvalue weighted by Crippen LogP contribution is 2.50. The van der Waals surface area contributed by atoms with E-state index in [1.165, 1.54) is 11.3 Å². The fraction of sp³-hybridized carbons (Fsp3) is 0.625. The van der Waals surface area contributed by atoms with Gasteiger partial charge in [0, 0.05) is 17.0 Å². The lowest BCUT2D eigenvalue weighted by molar-refractivity contribution is 0.412. The lowest BCUT2D eigenvalue weighted by Gasteiger charge is -1.89. The van der Waals surface area contributed by atoms with Crippen molar-refractivity contribution in [3.8, 4) is 5.19 Å². The monoisotopic (exact) mass is 203 g/mol. The van der Waals surface area contributed by atoms with Gasteiger partial charge in [-0.2, -0.15) is 0 Å². The minimum absolute atomic E-state index is 0.656. The zero-order valence-electron chi connectivity index (χ0n) is 6.79. The Morgan fingerprint density at radius 2 is 2.67 bits per heavy atom. The van der Waals surface area contributed by atoms with Crippen LogP contribution in [-0.4, -0.2) is 18.0 Å². The van der Waals surface area contributed by atoms with Crippen molar-refractivity contribution < 1.29 is 4.74 Å². The van der Waals surface area contributed by atoms with Crippen LogP contribution in [0.5, 0.6) is 5.19 Å². The Hall–Kier alpha value is -0.280. The average molecular weight is 204 g/mol. The van der Waals surface area contributed by atoms with Crippen LogP contribution in [0.1, 0.15) is 17.2 Å². The standard InChI is InChI=1S/C8H10ClNOS/c1-11-8-10-4-7(12-8)6-2-5(6)3-9/h4-6H,2-3H2,1H3. The molecule has 2 nitrogen and oxygen atoms in total. The number of thiazole rings is 1. The van der Waals surface area contributed by atoms with Crippen molar-refractivity contribution in [3.63, 3.8) is 0 Å². The molecule has 1 fully saturated rings. The summed E-state index contributed by atoms with van der Waals surface area (Å²) < 4.78 is 5.02. The average Bonchev–Trinajstić information content (AvgIpc) is 2.75. The second kappa shape index (κ2) is 3.23. The Bertz CT molecular complexity index is 276. The summed E-state index contributed by atoms with van der Waals surface area (Å²) in [6.45, 7) is 0. The highest BCUT2D eigenvalue weighted by molar-refractivity contribution is 7.13. The SMILES string of the molecule is COc1ncc(C2CC2CCl)s1. The van der Waals surface area contributed by atoms with Crippen LogP contribution in [0.15, 0.2) is 6.20 Å². The van der Waals surface area contributed by atoms with Gasteiger partial charge in [-0.3, -0.25) is 0 Å². The number of aromatic nitrogens is 1. The maximum absolute atomic E-state index is 5.74. The first kappa shape index (κ1) is 8.32. The van der Waals surface area contributed by atoms with Crippen molar-refractivity contribution in [1.82, 2.24) is 4.98 Å². The fourth-order valence-electron chi connectivity index (χ4n) is 1.30. The number of ether oxygens (including phenoxy) is 1. The summed E-state index contributed by atoms with van der Waals surface area (Å²) in [5.41, 5.74) is 0. The van der Waals surface area contributed by atoms with Gasteiger partial charge in [-0.05, 0) is 18.3 Å². The second-order valence-corrected chi connectivity index (χ2v) is 4.32. The largest absolute Gasteiger partial charge is 0.473 e. The smallest absolute Gasteiger partial charge is 0.273 e. The molecule has 0 radical (unpaired) electrons. The fourth-order valence-corrected chi connectivity index (χ4v) is 2.58. The van der Waals surface area contributed by atoms with Gasteiger partial charge in [-0.1, -0.05) is 11.3 Å². The van der Waals surface area contributed by atoms with Crippen LogP contribution in [-0.2, 0) is 0 Å². The number of methoxy groups -OCH3 is 1. The molecule has 2 unspecified atom stereocenters. The molecular weight excluding hydrogens is 194 g/mol. The summed E-state index contributed by atoms with van der Waals surface area (Å²) in [5, 5.41) is 0.755. The molecule has 0 amide bonds. The number of alkyl halides is 1. The summed E-state index contributed by atoms with van der Waals surface area (Å²) in [6.07, 6.45) is 3.12. The van der Waals surface area contributed by atoms with E-state index in [1.807, 2.05) is 6.20 Å². The van der Waals surface area contributed by atoms with Gasteiger partial charge in [0.2, 0.25) is 0 Å². The van der Waals surface area contributed by atoms with Crippen LogP contribution in [0, 0.1) is 5.92 Å². The summed E-state index contributed by atoms with van der Waals surface area (Å²) in [6, 6.07) is 0. The van der Waals surface area contributed by atoms with Crippen LogP contribution >= 0.6 is 22.9 Å². The Morgan fingerprint density at radius 1 is 1.83 bits per heavy atom. The van der Waals surface area contributed by atoms with Crippen LogP contribution in [0.4, 0.5) is 0 Å². The number of halogens is 1. The second-order valence-electron chi connectivity index (χ2n) is 2.99. The van der Waals surface area contributed by atoms with Crippen molar-refractivity contribution in [2.75, 3.05) is 13.0 Å². The summed E-state index contributed by atoms with van der Waals surface area (Å²) in [4.78, 5) is 5.44. The van der Waals surface area contributed by atoms with E-state index >= 15 is 0 Å². The van der Waals surface area contributed by atoms with E-state index in [0.717, 1.165) is 11.1 Å². The van der Waals surface area contributed by atoms with Crippen molar-refractivity contribution in [1.29, 1.82) is 0 Å². The third-order valence-electron chi connectivity index (χ3n) is 2.16. The molecule has 1 aliphatic carbocycles. The van der Waals surface area contributed by atoms with Gasteiger partial charge in [0.25, 0.3) is 5.19 Å². The number of hydrogen-bond acceptors (Lipinski definition) is 3. The van der Waals surface area contributed by atoms with E-state index in [4.69, 9.17) is 16.3 Å². The lowest BCUT2D eigenvalue weighted by Crippen LogP contribution is -1.79. The predicted octanol–water partition coefficient (Wildman–Crippen LogP) is 2.49. The van der Waals surface area contributed by atoms with Crippen molar-refractivity contribution >= 4 is 22.9 Å². The van der Waals surface area contributed by atoms with E-state index in [0.29, 0.717) is 11.8 Å². The molecule has 0 saturated heterocycles. The highest BCUT2D eigenvalue weighted by Gasteiger charge is 2.38. The maximum atomic E-state index is 5.74. The van der Waals surface area contributed by atoms with Gasteiger partial charge < -0.3 is 4.74 Å². The molecule has 4 heteroatoms. The van der Waals surface area contributed by atoms with Crippen LogP contribution < -0.4 is 4.74 Å². The molecule has 12 heavy (non-hydrogen) atoms. The molecule has 0 aromatic carbocycles. The summed E-state index contributed by atoms with van der Waals surface area (Å²) >= 11 is 7.37. The van der Waals surface area contributed by atoms with Gasteiger partial charge in [0.05, 0.1) is 7.11 Å². The minimum Gasteiger partial charge on any atom is -0.473 e. The summed E-state index contributed by atoms with van der Waals surface area (Å²) in [5.74, 6) is 2.10. The maximum Gasteiger partial charge on any atom is 0.273 e. The van der Waals surface area contributed by atoms with Crippen LogP contribution in [0.25, 0.3) is 0 Å². The minimum atomic E-state index is 0.656. The normalized spacial score (nSPS) is 27.2. The molecule has 1 aliphatic rings. The zero-order valence-corrected chi connectivity index (χ0v) is 8.36. The van der Waals surface area contributed by atoms with Crippen molar-refractivity contribution in [2.45, 2.75) is 12.3 Å². The topological polar surface area (TPSA) is 22.1 Å². The third-order valence-corrected chi connectivity index (χ3v) is 3.65. The Morgan fingerprint density at radius 3 is 3.17 bits per heavy atom. The number of rotatable bonds is 3. The van der Waals surface area contributed by atoms with Gasteiger partial charge in [0.1, 0.15) is 0 Å². The van der Waals surface area contributed by atoms with Crippen molar-refractivity contribution in [2.24, 2.45) is 5.92 Å². The highest BCUT2D eigenvalue weighted by atomic mass is 35.5. The molecule has 0 N–H and O–H groups in total. The molecule has 66 valence electrons. The van der Waals surface area contributed by atoms with E-state index in [2.05, 4.69) is 4.98 Å². The van der Waals surface area contributed by atoms with E-state index in [9.17, 15) is 0 Å². The molecular formula is C8H10ClNOS. The zero-order chi connectivity index (χ0) is 8.55. The molecule has 2 atom stereocenters. The Kier molecular flexibility index (Phi) is 2.24. The first-order valence-electron chi connectivity index (χ1n) is 3.91. The molecule has 2 rings (SSSR count). The van der Waals surface area contributed by atoms with E-state index < -0.39 is 0 Å². The third kappa shape index (κ3) is 1.43. The Labute approximate surface area is 80.5 Å². The van der Waals surface area contributed by atoms with Crippen LogP contribution in [0.3, 0.4) is 0 Å². The lowest BCUT2D eigenvalue weighted by atomic mass is 10.3.